The van der Waals surface area contributed by atoms with Crippen LogP contribution in [0.5, 0.6) is 0 Å². The molecule has 156 valence electrons. The lowest BCUT2D eigenvalue weighted by atomic mass is 10.1. The van der Waals surface area contributed by atoms with Crippen molar-refractivity contribution in [3.63, 3.8) is 0 Å². The van der Waals surface area contributed by atoms with Crippen LogP contribution in [-0.4, -0.2) is 42.5 Å². The molecule has 0 spiro atoms. The van der Waals surface area contributed by atoms with E-state index < -0.39 is 0 Å². The van der Waals surface area contributed by atoms with Crippen LogP contribution >= 0.6 is 11.8 Å². The van der Waals surface area contributed by atoms with Crippen molar-refractivity contribution in [1.82, 2.24) is 29.4 Å². The van der Waals surface area contributed by atoms with E-state index in [1.165, 1.54) is 35.0 Å². The van der Waals surface area contributed by atoms with Crippen molar-refractivity contribution < 1.29 is 0 Å². The van der Waals surface area contributed by atoms with E-state index in [1.807, 2.05) is 30.3 Å². The van der Waals surface area contributed by atoms with Gasteiger partial charge in [0.2, 0.25) is 5.95 Å². The Morgan fingerprint density at radius 3 is 2.71 bits per heavy atom. The summed E-state index contributed by atoms with van der Waals surface area (Å²) in [7, 11) is 0. The summed E-state index contributed by atoms with van der Waals surface area (Å²) in [5.74, 6) is 1.28. The fourth-order valence-corrected chi connectivity index (χ4v) is 4.62. The van der Waals surface area contributed by atoms with Gasteiger partial charge in [-0.15, -0.1) is 10.2 Å². The maximum atomic E-state index is 12.4. The third kappa shape index (κ3) is 3.68. The highest BCUT2D eigenvalue weighted by Gasteiger charge is 2.21. The molecule has 0 aliphatic carbocycles. The Kier molecular flexibility index (Phi) is 5.18. The molecule has 1 saturated heterocycles. The van der Waals surface area contributed by atoms with Crippen LogP contribution in [0.3, 0.4) is 0 Å². The number of aromatic amines is 1. The number of nitriles is 1. The summed E-state index contributed by atoms with van der Waals surface area (Å²) < 4.78 is 3.34. The number of H-pyrrole nitrogens is 1. The second-order valence-corrected chi connectivity index (χ2v) is 8.28. The minimum atomic E-state index is -0.249. The van der Waals surface area contributed by atoms with Gasteiger partial charge in [0.05, 0.1) is 11.4 Å². The number of thioether (sulfide) groups is 1. The molecule has 1 aliphatic rings. The van der Waals surface area contributed by atoms with Gasteiger partial charge in [-0.2, -0.15) is 5.26 Å². The number of benzene rings is 1. The molecule has 5 rings (SSSR count). The molecule has 0 unspecified atom stereocenters. The summed E-state index contributed by atoms with van der Waals surface area (Å²) in [6.07, 6.45) is 5.02. The first-order chi connectivity index (χ1) is 15.2. The van der Waals surface area contributed by atoms with Crippen LogP contribution in [0, 0.1) is 11.3 Å². The minimum absolute atomic E-state index is 0.249. The van der Waals surface area contributed by atoms with Gasteiger partial charge in [0.1, 0.15) is 11.6 Å². The average Bonchev–Trinajstić information content (AvgIpc) is 3.43. The van der Waals surface area contributed by atoms with E-state index >= 15 is 0 Å². The number of para-hydroxylation sites is 1. The van der Waals surface area contributed by atoms with Gasteiger partial charge in [0, 0.05) is 31.1 Å². The zero-order chi connectivity index (χ0) is 21.2. The highest BCUT2D eigenvalue weighted by molar-refractivity contribution is 7.98. The van der Waals surface area contributed by atoms with Crippen LogP contribution in [0.1, 0.15) is 30.5 Å². The first kappa shape index (κ1) is 19.4. The van der Waals surface area contributed by atoms with Crippen molar-refractivity contribution in [2.24, 2.45) is 0 Å². The number of anilines is 1. The maximum absolute atomic E-state index is 12.4. The maximum Gasteiger partial charge on any atom is 0.272 e. The molecule has 0 bridgehead atoms. The lowest BCUT2D eigenvalue weighted by Crippen LogP contribution is -2.31. The van der Waals surface area contributed by atoms with E-state index in [-0.39, 0.29) is 5.56 Å². The molecule has 1 aliphatic heterocycles. The highest BCUT2D eigenvalue weighted by atomic mass is 32.2. The topological polar surface area (TPSA) is 108 Å². The predicted molar refractivity (Wildman–Crippen MR) is 118 cm³/mol. The largest absolute Gasteiger partial charge is 0.341 e. The number of fused-ring (bicyclic) bond motifs is 1. The predicted octanol–water partition coefficient (Wildman–Crippen LogP) is 2.76. The van der Waals surface area contributed by atoms with Gasteiger partial charge in [0.25, 0.3) is 5.56 Å². The molecule has 3 aromatic heterocycles. The van der Waals surface area contributed by atoms with Crippen LogP contribution in [0.2, 0.25) is 0 Å². The summed E-state index contributed by atoms with van der Waals surface area (Å²) in [6.45, 7) is 1.93. The van der Waals surface area contributed by atoms with Gasteiger partial charge in [-0.05, 0) is 31.4 Å². The molecule has 4 heterocycles. The van der Waals surface area contributed by atoms with E-state index in [4.69, 9.17) is 0 Å². The molecule has 0 atom stereocenters. The Hall–Kier alpha value is -3.58. The van der Waals surface area contributed by atoms with Crippen molar-refractivity contribution in [3.05, 3.63) is 64.2 Å². The molecule has 1 aromatic carbocycles. The summed E-state index contributed by atoms with van der Waals surface area (Å²) in [6, 6.07) is 13.6. The van der Waals surface area contributed by atoms with Crippen LogP contribution in [0.25, 0.3) is 11.3 Å². The van der Waals surface area contributed by atoms with Crippen molar-refractivity contribution in [2.75, 3.05) is 18.0 Å². The van der Waals surface area contributed by atoms with Gasteiger partial charge in [-0.1, -0.05) is 30.0 Å². The second-order valence-electron chi connectivity index (χ2n) is 7.33. The molecule has 10 heteroatoms. The Bertz CT molecular complexity index is 1310. The summed E-state index contributed by atoms with van der Waals surface area (Å²) in [4.78, 5) is 19.2. The Morgan fingerprint density at radius 1 is 1.13 bits per heavy atom. The molecule has 4 aromatic rings. The second kappa shape index (κ2) is 8.28. The Balaban J connectivity index is 1.48. The van der Waals surface area contributed by atoms with Gasteiger partial charge >= 0.3 is 0 Å². The molecule has 1 fully saturated rings. The van der Waals surface area contributed by atoms with E-state index in [0.717, 1.165) is 42.7 Å². The zero-order valence-corrected chi connectivity index (χ0v) is 17.5. The first-order valence-corrected chi connectivity index (χ1v) is 11.1. The fraction of sp³-hybridized carbons (Fsp3) is 0.286. The average molecular weight is 433 g/mol. The molecule has 31 heavy (non-hydrogen) atoms. The standard InChI is InChI=1S/C21H20N8OS/c22-12-15-13-23-29-18(30)11-16(24-19(15)29)14-31-21-26-25-20(27-9-5-2-6-10-27)28(21)17-7-3-1-4-8-17/h1,3-4,7-8,11,13,23H,2,5-6,9-10,14H2. The van der Waals surface area contributed by atoms with Crippen molar-refractivity contribution in [3.8, 4) is 11.8 Å². The summed E-state index contributed by atoms with van der Waals surface area (Å²) in [5, 5.41) is 21.7. The first-order valence-electron chi connectivity index (χ1n) is 10.1. The monoisotopic (exact) mass is 432 g/mol. The van der Waals surface area contributed by atoms with Crippen LogP contribution < -0.4 is 10.5 Å². The number of piperidine rings is 1. The fourth-order valence-electron chi connectivity index (χ4n) is 3.78. The Morgan fingerprint density at radius 2 is 1.94 bits per heavy atom. The van der Waals surface area contributed by atoms with Gasteiger partial charge < -0.3 is 4.90 Å². The number of aromatic nitrogens is 6. The van der Waals surface area contributed by atoms with Crippen molar-refractivity contribution in [1.29, 1.82) is 5.26 Å². The van der Waals surface area contributed by atoms with Gasteiger partial charge in [0.15, 0.2) is 10.8 Å². The van der Waals surface area contributed by atoms with Crippen molar-refractivity contribution >= 4 is 23.4 Å². The lowest BCUT2D eigenvalue weighted by Gasteiger charge is -2.27. The number of nitrogens with zero attached hydrogens (tertiary/aromatic N) is 7. The minimum Gasteiger partial charge on any atom is -0.341 e. The quantitative estimate of drug-likeness (QED) is 0.483. The van der Waals surface area contributed by atoms with E-state index in [1.54, 1.807) is 0 Å². The molecule has 0 radical (unpaired) electrons. The third-order valence-corrected chi connectivity index (χ3v) is 6.25. The van der Waals surface area contributed by atoms with E-state index in [2.05, 4.69) is 35.8 Å². The third-order valence-electron chi connectivity index (χ3n) is 5.29. The van der Waals surface area contributed by atoms with Crippen molar-refractivity contribution in [2.45, 2.75) is 30.2 Å². The number of hydrogen-bond acceptors (Lipinski definition) is 7. The lowest BCUT2D eigenvalue weighted by molar-refractivity contribution is 0.564. The smallest absolute Gasteiger partial charge is 0.272 e. The van der Waals surface area contributed by atoms with E-state index in [9.17, 15) is 10.1 Å². The highest BCUT2D eigenvalue weighted by Crippen LogP contribution is 2.29. The van der Waals surface area contributed by atoms with Crippen LogP contribution in [0.15, 0.2) is 52.5 Å². The van der Waals surface area contributed by atoms with Crippen LogP contribution in [-0.2, 0) is 5.75 Å². The van der Waals surface area contributed by atoms with Gasteiger partial charge in [-0.25, -0.2) is 9.50 Å². The molecule has 0 amide bonds. The van der Waals surface area contributed by atoms with E-state index in [0.29, 0.717) is 22.7 Å². The van der Waals surface area contributed by atoms with Gasteiger partial charge in [-0.3, -0.25) is 14.5 Å². The number of nitrogens with one attached hydrogen (secondary N) is 1. The van der Waals surface area contributed by atoms with Crippen LogP contribution in [0.4, 0.5) is 5.95 Å². The molecular formula is C21H20N8OS. The molecular weight excluding hydrogens is 412 g/mol. The Labute approximate surface area is 182 Å². The molecule has 9 nitrogen and oxygen atoms in total. The summed E-state index contributed by atoms with van der Waals surface area (Å²) in [5.41, 5.74) is 2.01. The zero-order valence-electron chi connectivity index (χ0n) is 16.7. The normalized spacial score (nSPS) is 14.1. The molecule has 0 saturated carbocycles. The molecule has 1 N–H and O–H groups in total. The SMILES string of the molecule is N#Cc1c[nH]n2c(=O)cc(CSc3nnc(N4CCCCC4)n3-c3ccccc3)nc12. The summed E-state index contributed by atoms with van der Waals surface area (Å²) >= 11 is 1.47. The number of rotatable bonds is 5. The number of hydrogen-bond donors (Lipinski definition) is 1.